The van der Waals surface area contributed by atoms with Crippen molar-refractivity contribution in [1.29, 1.82) is 0 Å². The lowest BCUT2D eigenvalue weighted by atomic mass is 9.84. The number of ether oxygens (including phenoxy) is 1. The number of phenols is 1. The molecule has 0 radical (unpaired) electrons. The number of carbonyl (C=O) groups is 1. The average Bonchev–Trinajstić information content (AvgIpc) is 2.90. The van der Waals surface area contributed by atoms with Crippen LogP contribution in [-0.2, 0) is 17.8 Å². The van der Waals surface area contributed by atoms with E-state index < -0.39 is 17.3 Å². The van der Waals surface area contributed by atoms with Gasteiger partial charge in [0.2, 0.25) is 5.43 Å². The Morgan fingerprint density at radius 1 is 0.973 bits per heavy atom. The normalized spacial score (nSPS) is 16.5. The Bertz CT molecular complexity index is 1880. The molecule has 0 aliphatic carbocycles. The minimum atomic E-state index is -0.698. The molecule has 0 bridgehead atoms. The maximum absolute atomic E-state index is 13.8. The summed E-state index contributed by atoms with van der Waals surface area (Å²) in [6, 6.07) is 18.1. The standard InChI is InChI=1S/C30H21NO6/c32-22-14-23-25(29-26(22)28(34)21(15-36-29)16-6-2-1-3-7-16)19(13-24(33)37-23)20-12-18-9-4-8-17-10-5-11-31(27(17)18)30(20)35/h1-4,6-9,12,14-15,19,32H,5,10-11,13H2/t19-/m0/s1. The molecule has 3 aromatic carbocycles. The molecule has 0 saturated heterocycles. The Kier molecular flexibility index (Phi) is 4.63. The molecular weight excluding hydrogens is 470 g/mol. The molecule has 5 aromatic rings. The quantitative estimate of drug-likeness (QED) is 0.280. The van der Waals surface area contributed by atoms with Crippen molar-refractivity contribution in [2.75, 3.05) is 0 Å². The van der Waals surface area contributed by atoms with Gasteiger partial charge in [-0.05, 0) is 35.4 Å². The lowest BCUT2D eigenvalue weighted by molar-refractivity contribution is -0.135. The minimum absolute atomic E-state index is 0.00688. The van der Waals surface area contributed by atoms with Crippen molar-refractivity contribution in [3.63, 3.8) is 0 Å². The highest BCUT2D eigenvalue weighted by molar-refractivity contribution is 5.94. The van der Waals surface area contributed by atoms with Crippen LogP contribution < -0.4 is 15.7 Å². The first kappa shape index (κ1) is 21.6. The number of hydrogen-bond acceptors (Lipinski definition) is 6. The molecular formula is C30H21NO6. The summed E-state index contributed by atoms with van der Waals surface area (Å²) in [5, 5.41) is 11.7. The molecule has 4 heterocycles. The second kappa shape index (κ2) is 7.93. The van der Waals surface area contributed by atoms with E-state index in [-0.39, 0.29) is 34.4 Å². The Hall–Kier alpha value is -4.65. The van der Waals surface area contributed by atoms with Crippen LogP contribution in [0.1, 0.15) is 35.4 Å². The molecule has 7 heteroatoms. The first-order valence-corrected chi connectivity index (χ1v) is 12.2. The van der Waals surface area contributed by atoms with Crippen molar-refractivity contribution in [2.24, 2.45) is 0 Å². The number of pyridine rings is 1. The Balaban J connectivity index is 1.52. The van der Waals surface area contributed by atoms with Gasteiger partial charge >= 0.3 is 5.97 Å². The second-order valence-electron chi connectivity index (χ2n) is 9.60. The van der Waals surface area contributed by atoms with Gasteiger partial charge in [-0.1, -0.05) is 48.5 Å². The number of phenolic OH excluding ortho intramolecular Hbond substituents is 1. The van der Waals surface area contributed by atoms with Gasteiger partial charge in [0.1, 0.15) is 28.7 Å². The third kappa shape index (κ3) is 3.17. The third-order valence-electron chi connectivity index (χ3n) is 7.48. The summed E-state index contributed by atoms with van der Waals surface area (Å²) in [4.78, 5) is 40.0. The smallest absolute Gasteiger partial charge is 0.312 e. The highest BCUT2D eigenvalue weighted by atomic mass is 16.5. The molecule has 2 aromatic heterocycles. The van der Waals surface area contributed by atoms with Crippen molar-refractivity contribution < 1.29 is 19.1 Å². The summed E-state index contributed by atoms with van der Waals surface area (Å²) < 4.78 is 13.3. The van der Waals surface area contributed by atoms with Crippen molar-refractivity contribution in [3.8, 4) is 22.6 Å². The lowest BCUT2D eigenvalue weighted by Gasteiger charge is -2.27. The number of aryl methyl sites for hydroxylation is 2. The highest BCUT2D eigenvalue weighted by Gasteiger charge is 2.36. The van der Waals surface area contributed by atoms with Gasteiger partial charge in [0.15, 0.2) is 0 Å². The summed E-state index contributed by atoms with van der Waals surface area (Å²) in [5.74, 6) is -1.47. The third-order valence-corrected chi connectivity index (χ3v) is 7.48. The fourth-order valence-corrected chi connectivity index (χ4v) is 5.85. The molecule has 2 aliphatic heterocycles. The van der Waals surface area contributed by atoms with E-state index in [0.29, 0.717) is 28.8 Å². The molecule has 2 aliphatic rings. The number of carbonyl (C=O) groups excluding carboxylic acids is 1. The van der Waals surface area contributed by atoms with E-state index in [9.17, 15) is 19.5 Å². The molecule has 0 fully saturated rings. The van der Waals surface area contributed by atoms with Gasteiger partial charge in [-0.25, -0.2) is 0 Å². The number of benzene rings is 3. The first-order valence-electron chi connectivity index (χ1n) is 12.2. The molecule has 37 heavy (non-hydrogen) atoms. The zero-order valence-corrected chi connectivity index (χ0v) is 19.7. The van der Waals surface area contributed by atoms with Crippen LogP contribution in [0, 0.1) is 0 Å². The van der Waals surface area contributed by atoms with Crippen molar-refractivity contribution in [3.05, 3.63) is 104 Å². The number of para-hydroxylation sites is 1. The molecule has 0 unspecified atom stereocenters. The molecule has 1 N–H and O–H groups in total. The van der Waals surface area contributed by atoms with E-state index in [4.69, 9.17) is 9.15 Å². The number of aromatic nitrogens is 1. The number of fused-ring (bicyclic) bond motifs is 3. The fraction of sp³-hybridized carbons (Fsp3) is 0.167. The van der Waals surface area contributed by atoms with E-state index in [1.807, 2.05) is 42.5 Å². The molecule has 0 saturated carbocycles. The van der Waals surface area contributed by atoms with Gasteiger partial charge in [0.05, 0.1) is 17.5 Å². The van der Waals surface area contributed by atoms with Gasteiger partial charge < -0.3 is 18.8 Å². The Morgan fingerprint density at radius 2 is 1.81 bits per heavy atom. The van der Waals surface area contributed by atoms with Gasteiger partial charge in [-0.15, -0.1) is 0 Å². The Morgan fingerprint density at radius 3 is 2.65 bits per heavy atom. The predicted octanol–water partition coefficient (Wildman–Crippen LogP) is 4.87. The van der Waals surface area contributed by atoms with Crippen LogP contribution in [0.25, 0.3) is 33.0 Å². The van der Waals surface area contributed by atoms with E-state index in [2.05, 4.69) is 0 Å². The fourth-order valence-electron chi connectivity index (χ4n) is 5.85. The van der Waals surface area contributed by atoms with Crippen LogP contribution in [0.5, 0.6) is 11.5 Å². The number of esters is 1. The monoisotopic (exact) mass is 491 g/mol. The maximum Gasteiger partial charge on any atom is 0.312 e. The zero-order chi connectivity index (χ0) is 25.3. The Labute approximate surface area is 210 Å². The molecule has 1 atom stereocenters. The maximum atomic E-state index is 13.8. The van der Waals surface area contributed by atoms with E-state index in [1.54, 1.807) is 16.7 Å². The van der Waals surface area contributed by atoms with Crippen molar-refractivity contribution in [1.82, 2.24) is 4.57 Å². The van der Waals surface area contributed by atoms with Crippen molar-refractivity contribution in [2.45, 2.75) is 31.7 Å². The minimum Gasteiger partial charge on any atom is -0.507 e. The number of hydrogen-bond donors (Lipinski definition) is 1. The van der Waals surface area contributed by atoms with Crippen molar-refractivity contribution >= 4 is 27.8 Å². The lowest BCUT2D eigenvalue weighted by Crippen LogP contribution is -2.31. The molecule has 7 nitrogen and oxygen atoms in total. The molecule has 0 amide bonds. The van der Waals surface area contributed by atoms with Crippen LogP contribution >= 0.6 is 0 Å². The van der Waals surface area contributed by atoms with Crippen LogP contribution in [0.3, 0.4) is 0 Å². The zero-order valence-electron chi connectivity index (χ0n) is 19.7. The molecule has 0 spiro atoms. The summed E-state index contributed by atoms with van der Waals surface area (Å²) in [6.45, 7) is 0.593. The molecule has 182 valence electrons. The molecule has 7 rings (SSSR count). The average molecular weight is 491 g/mol. The van der Waals surface area contributed by atoms with E-state index >= 15 is 0 Å². The SMILES string of the molecule is O=C1C[C@@H](c2cc3cccc4c3n(c2=O)CCC4)c2c(cc(O)c3c(=O)c(-c4ccccc4)coc23)O1. The van der Waals surface area contributed by atoms with E-state index in [1.165, 1.54) is 12.3 Å². The van der Waals surface area contributed by atoms with Crippen LogP contribution in [-0.4, -0.2) is 15.6 Å². The van der Waals surface area contributed by atoms with E-state index in [0.717, 1.165) is 29.3 Å². The number of rotatable bonds is 2. The van der Waals surface area contributed by atoms with Gasteiger partial charge in [-0.3, -0.25) is 14.4 Å². The summed E-state index contributed by atoms with van der Waals surface area (Å²) in [6.07, 6.45) is 3.04. The largest absolute Gasteiger partial charge is 0.507 e. The van der Waals surface area contributed by atoms with Crippen LogP contribution in [0.2, 0.25) is 0 Å². The second-order valence-corrected chi connectivity index (χ2v) is 9.60. The van der Waals surface area contributed by atoms with Crippen LogP contribution in [0.4, 0.5) is 0 Å². The summed E-state index contributed by atoms with van der Waals surface area (Å²) in [5.41, 5.74) is 3.40. The topological polar surface area (TPSA) is 98.7 Å². The summed E-state index contributed by atoms with van der Waals surface area (Å²) >= 11 is 0. The summed E-state index contributed by atoms with van der Waals surface area (Å²) in [7, 11) is 0. The number of aromatic hydroxyl groups is 1. The highest BCUT2D eigenvalue weighted by Crippen LogP contribution is 2.45. The first-order chi connectivity index (χ1) is 18.0. The van der Waals surface area contributed by atoms with Gasteiger partial charge in [-0.2, -0.15) is 0 Å². The van der Waals surface area contributed by atoms with Gasteiger partial charge in [0, 0.05) is 29.7 Å². The van der Waals surface area contributed by atoms with Crippen LogP contribution in [0.15, 0.2) is 80.9 Å². The van der Waals surface area contributed by atoms with Gasteiger partial charge in [0.25, 0.3) is 5.56 Å². The number of nitrogens with zero attached hydrogens (tertiary/aromatic N) is 1. The predicted molar refractivity (Wildman–Crippen MR) is 138 cm³/mol.